The van der Waals surface area contributed by atoms with Gasteiger partial charge in [-0.15, -0.1) is 6.58 Å². The zero-order valence-electron chi connectivity index (χ0n) is 13.3. The van der Waals surface area contributed by atoms with E-state index in [0.29, 0.717) is 12.8 Å². The first-order valence-corrected chi connectivity index (χ1v) is 7.62. The molecule has 0 radical (unpaired) electrons. The highest BCUT2D eigenvalue weighted by atomic mass is 16.5. The number of carboxylic acid groups (broad SMARTS) is 1. The summed E-state index contributed by atoms with van der Waals surface area (Å²) >= 11 is 0. The Hall–Kier alpha value is -1.65. The van der Waals surface area contributed by atoms with Crippen molar-refractivity contribution in [3.05, 3.63) is 48.6 Å². The molecule has 0 aromatic heterocycles. The number of carbonyl (C=O) groups is 1. The van der Waals surface area contributed by atoms with E-state index in [2.05, 4.69) is 12.7 Å². The van der Waals surface area contributed by atoms with Gasteiger partial charge in [0.1, 0.15) is 0 Å². The van der Waals surface area contributed by atoms with E-state index in [1.54, 1.807) is 6.08 Å². The second kappa shape index (κ2) is 9.38. The lowest BCUT2D eigenvalue weighted by Crippen LogP contribution is -2.41. The fourth-order valence-electron chi connectivity index (χ4n) is 2.47. The van der Waals surface area contributed by atoms with Crippen LogP contribution < -0.4 is 0 Å². The molecule has 4 atom stereocenters. The average molecular weight is 306 g/mol. The van der Waals surface area contributed by atoms with Crippen molar-refractivity contribution in [2.45, 2.75) is 51.4 Å². The van der Waals surface area contributed by atoms with E-state index < -0.39 is 5.97 Å². The maximum Gasteiger partial charge on any atom is 0.328 e. The molecular formula is C18H26O4. The lowest BCUT2D eigenvalue weighted by Gasteiger charge is -2.37. The number of aliphatic hydroxyl groups is 1. The first-order chi connectivity index (χ1) is 10.4. The van der Waals surface area contributed by atoms with Crippen LogP contribution in [0.4, 0.5) is 0 Å². The van der Waals surface area contributed by atoms with Crippen LogP contribution in [-0.2, 0) is 9.53 Å². The molecule has 0 aromatic carbocycles. The molecule has 1 fully saturated rings. The zero-order valence-corrected chi connectivity index (χ0v) is 13.3. The molecule has 4 heteroatoms. The molecule has 122 valence electrons. The van der Waals surface area contributed by atoms with Crippen LogP contribution in [0.5, 0.6) is 0 Å². The Morgan fingerprint density at radius 2 is 2.14 bits per heavy atom. The van der Waals surface area contributed by atoms with E-state index in [9.17, 15) is 9.90 Å². The van der Waals surface area contributed by atoms with Gasteiger partial charge in [-0.05, 0) is 19.8 Å². The summed E-state index contributed by atoms with van der Waals surface area (Å²) < 4.78 is 6.05. The van der Waals surface area contributed by atoms with Gasteiger partial charge in [-0.1, -0.05) is 42.9 Å². The standard InChI is InChI=1S/C18H26O4/c1-4-8-13(2)11-17-14(3)16(19)12-15(22-17)9-6-5-7-10-18(20)21/h4-7,10-11,14-17,19H,1,8-9,12H2,2-3H3,(H,20,21)/b6-5+,10-7+,13-11-/t14-,15+,16+,17-/m1/s1. The highest BCUT2D eigenvalue weighted by Crippen LogP contribution is 2.29. The maximum atomic E-state index is 10.4. The summed E-state index contributed by atoms with van der Waals surface area (Å²) in [6.07, 6.45) is 11.6. The van der Waals surface area contributed by atoms with Gasteiger partial charge in [0.05, 0.1) is 18.3 Å². The number of aliphatic hydroxyl groups excluding tert-OH is 1. The molecule has 22 heavy (non-hydrogen) atoms. The van der Waals surface area contributed by atoms with Crippen LogP contribution in [0.1, 0.15) is 33.1 Å². The summed E-state index contributed by atoms with van der Waals surface area (Å²) in [5, 5.41) is 18.7. The Kier molecular flexibility index (Phi) is 7.85. The predicted octanol–water partition coefficient (Wildman–Crippen LogP) is 3.25. The van der Waals surface area contributed by atoms with Gasteiger partial charge in [-0.2, -0.15) is 0 Å². The van der Waals surface area contributed by atoms with Crippen LogP contribution >= 0.6 is 0 Å². The summed E-state index contributed by atoms with van der Waals surface area (Å²) in [7, 11) is 0. The predicted molar refractivity (Wildman–Crippen MR) is 87.6 cm³/mol. The first-order valence-electron chi connectivity index (χ1n) is 7.62. The van der Waals surface area contributed by atoms with Crippen molar-refractivity contribution in [3.8, 4) is 0 Å². The number of aliphatic carboxylic acids is 1. The van der Waals surface area contributed by atoms with Crippen LogP contribution in [0.3, 0.4) is 0 Å². The lowest BCUT2D eigenvalue weighted by atomic mass is 9.88. The molecule has 0 bridgehead atoms. The Morgan fingerprint density at radius 3 is 2.77 bits per heavy atom. The van der Waals surface area contributed by atoms with Crippen LogP contribution in [0.2, 0.25) is 0 Å². The third-order valence-electron chi connectivity index (χ3n) is 3.78. The second-order valence-corrected chi connectivity index (χ2v) is 5.75. The number of hydrogen-bond acceptors (Lipinski definition) is 3. The fourth-order valence-corrected chi connectivity index (χ4v) is 2.47. The van der Waals surface area contributed by atoms with E-state index in [4.69, 9.17) is 9.84 Å². The largest absolute Gasteiger partial charge is 0.478 e. The van der Waals surface area contributed by atoms with Crippen LogP contribution in [0, 0.1) is 5.92 Å². The average Bonchev–Trinajstić information content (AvgIpc) is 2.43. The van der Waals surface area contributed by atoms with Crippen molar-refractivity contribution in [3.63, 3.8) is 0 Å². The number of allylic oxidation sites excluding steroid dienone is 4. The third-order valence-corrected chi connectivity index (χ3v) is 3.78. The van der Waals surface area contributed by atoms with Gasteiger partial charge in [0.15, 0.2) is 0 Å². The number of rotatable bonds is 7. The van der Waals surface area contributed by atoms with Crippen molar-refractivity contribution in [1.29, 1.82) is 0 Å². The number of ether oxygens (including phenoxy) is 1. The summed E-state index contributed by atoms with van der Waals surface area (Å²) in [4.78, 5) is 10.4. The zero-order chi connectivity index (χ0) is 16.5. The molecule has 4 nitrogen and oxygen atoms in total. The second-order valence-electron chi connectivity index (χ2n) is 5.75. The quantitative estimate of drug-likeness (QED) is 0.430. The molecule has 0 amide bonds. The molecule has 1 aliphatic heterocycles. The molecule has 1 saturated heterocycles. The first kappa shape index (κ1) is 18.4. The molecule has 1 rings (SSSR count). The van der Waals surface area contributed by atoms with E-state index in [1.807, 2.05) is 26.0 Å². The fraction of sp³-hybridized carbons (Fsp3) is 0.500. The van der Waals surface area contributed by atoms with Crippen LogP contribution in [0.25, 0.3) is 0 Å². The maximum absolute atomic E-state index is 10.4. The monoisotopic (exact) mass is 306 g/mol. The Labute approximate surface area is 132 Å². The minimum atomic E-state index is -0.967. The van der Waals surface area contributed by atoms with Crippen molar-refractivity contribution >= 4 is 5.97 Å². The highest BCUT2D eigenvalue weighted by molar-refractivity contribution is 5.80. The van der Waals surface area contributed by atoms with Gasteiger partial charge < -0.3 is 14.9 Å². The molecule has 0 saturated carbocycles. The Morgan fingerprint density at radius 1 is 1.41 bits per heavy atom. The third kappa shape index (κ3) is 6.41. The lowest BCUT2D eigenvalue weighted by molar-refractivity contribution is -0.131. The minimum Gasteiger partial charge on any atom is -0.478 e. The van der Waals surface area contributed by atoms with Gasteiger partial charge in [-0.3, -0.25) is 0 Å². The van der Waals surface area contributed by atoms with Gasteiger partial charge in [0, 0.05) is 18.4 Å². The number of carboxylic acids is 1. The molecule has 1 heterocycles. The molecule has 0 aliphatic carbocycles. The summed E-state index contributed by atoms with van der Waals surface area (Å²) in [5.74, 6) is -0.905. The van der Waals surface area contributed by atoms with Crippen molar-refractivity contribution in [2.24, 2.45) is 5.92 Å². The summed E-state index contributed by atoms with van der Waals surface area (Å²) in [6.45, 7) is 7.75. The molecule has 0 unspecified atom stereocenters. The van der Waals surface area contributed by atoms with Gasteiger partial charge >= 0.3 is 5.97 Å². The number of hydrogen-bond donors (Lipinski definition) is 2. The summed E-state index contributed by atoms with van der Waals surface area (Å²) in [5.41, 5.74) is 1.18. The SMILES string of the molecule is C=CC/C(C)=C\[C@H]1O[C@@H](C/C=C/C=C/C(=O)O)C[C@H](O)[C@H]1C. The van der Waals surface area contributed by atoms with Gasteiger partial charge in [-0.25, -0.2) is 4.79 Å². The normalized spacial score (nSPS) is 30.0. The van der Waals surface area contributed by atoms with E-state index in [1.165, 1.54) is 11.6 Å². The van der Waals surface area contributed by atoms with Gasteiger partial charge in [0.2, 0.25) is 0 Å². The van der Waals surface area contributed by atoms with Gasteiger partial charge in [0.25, 0.3) is 0 Å². The summed E-state index contributed by atoms with van der Waals surface area (Å²) in [6, 6.07) is 0. The van der Waals surface area contributed by atoms with E-state index >= 15 is 0 Å². The van der Waals surface area contributed by atoms with E-state index in [0.717, 1.165) is 12.5 Å². The highest BCUT2D eigenvalue weighted by Gasteiger charge is 2.33. The van der Waals surface area contributed by atoms with Crippen LogP contribution in [-0.4, -0.2) is 34.5 Å². The minimum absolute atomic E-state index is 0.0570. The molecule has 2 N–H and O–H groups in total. The van der Waals surface area contributed by atoms with Crippen LogP contribution in [0.15, 0.2) is 48.6 Å². The molecule has 0 aromatic rings. The van der Waals surface area contributed by atoms with E-state index in [-0.39, 0.29) is 24.2 Å². The molecule has 1 aliphatic rings. The Bertz CT molecular complexity index is 462. The molecular weight excluding hydrogens is 280 g/mol. The molecule has 0 spiro atoms. The van der Waals surface area contributed by atoms with Crippen molar-refractivity contribution in [1.82, 2.24) is 0 Å². The topological polar surface area (TPSA) is 66.8 Å². The Balaban J connectivity index is 2.61. The van der Waals surface area contributed by atoms with Crippen molar-refractivity contribution in [2.75, 3.05) is 0 Å². The van der Waals surface area contributed by atoms with Crippen molar-refractivity contribution < 1.29 is 19.7 Å². The smallest absolute Gasteiger partial charge is 0.328 e.